The molecule has 0 saturated carbocycles. The molecule has 0 saturated heterocycles. The molecule has 0 fully saturated rings. The number of rotatable bonds is 5. The third-order valence-corrected chi connectivity index (χ3v) is 6.39. The van der Waals surface area contributed by atoms with Gasteiger partial charge in [0, 0.05) is 39.9 Å². The number of amides is 1. The summed E-state index contributed by atoms with van der Waals surface area (Å²) in [5.41, 5.74) is 7.77. The Hall–Kier alpha value is -5.57. The Morgan fingerprint density at radius 1 is 0.895 bits per heavy atom. The number of aromatic nitrogens is 6. The van der Waals surface area contributed by atoms with Crippen LogP contribution in [0.5, 0.6) is 0 Å². The smallest absolute Gasteiger partial charge is 0.255 e. The normalized spacial score (nSPS) is 11.3. The molecule has 0 aliphatic heterocycles. The third-order valence-electron chi connectivity index (χ3n) is 6.39. The van der Waals surface area contributed by atoms with Crippen molar-refractivity contribution in [3.8, 4) is 33.8 Å². The van der Waals surface area contributed by atoms with E-state index in [1.165, 1.54) is 0 Å². The lowest BCUT2D eigenvalue weighted by atomic mass is 10.1. The van der Waals surface area contributed by atoms with Crippen LogP contribution in [0.1, 0.15) is 10.4 Å². The zero-order valence-electron chi connectivity index (χ0n) is 19.8. The molecule has 1 aromatic carbocycles. The van der Waals surface area contributed by atoms with Crippen molar-refractivity contribution in [1.29, 1.82) is 0 Å². The first-order chi connectivity index (χ1) is 18.7. The average molecular weight is 498 g/mol. The second-order valence-corrected chi connectivity index (χ2v) is 8.79. The van der Waals surface area contributed by atoms with E-state index in [1.807, 2.05) is 48.5 Å². The standard InChI is InChI=1S/C29H19N7O2/c37-29(17-4-2-1-3-5-17)33-20-10-19(13-30-14-20)24-12-23-26(15-32-24)35-36-27(23)25-11-22-21(18-7-9-38-16-18)6-8-31-28(22)34-25/h1-16H,(H,31,34)(H,33,37)(H,35,36). The highest BCUT2D eigenvalue weighted by Gasteiger charge is 2.16. The van der Waals surface area contributed by atoms with Crippen LogP contribution in [-0.2, 0) is 0 Å². The zero-order valence-corrected chi connectivity index (χ0v) is 19.8. The maximum Gasteiger partial charge on any atom is 0.255 e. The lowest BCUT2D eigenvalue weighted by molar-refractivity contribution is 0.102. The first kappa shape index (κ1) is 21.7. The van der Waals surface area contributed by atoms with Crippen LogP contribution in [0.15, 0.2) is 102 Å². The van der Waals surface area contributed by atoms with Crippen molar-refractivity contribution in [2.75, 3.05) is 5.32 Å². The number of nitrogens with zero attached hydrogens (tertiary/aromatic N) is 4. The molecule has 182 valence electrons. The van der Waals surface area contributed by atoms with Crippen LogP contribution in [0.4, 0.5) is 5.69 Å². The van der Waals surface area contributed by atoms with Crippen molar-refractivity contribution >= 4 is 33.5 Å². The minimum absolute atomic E-state index is 0.202. The second-order valence-electron chi connectivity index (χ2n) is 8.79. The first-order valence-corrected chi connectivity index (χ1v) is 11.9. The molecule has 7 aromatic rings. The monoisotopic (exact) mass is 497 g/mol. The highest BCUT2D eigenvalue weighted by atomic mass is 16.3. The van der Waals surface area contributed by atoms with Crippen LogP contribution in [0, 0.1) is 0 Å². The summed E-state index contributed by atoms with van der Waals surface area (Å²) in [5, 5.41) is 12.4. The molecular formula is C29H19N7O2. The van der Waals surface area contributed by atoms with Gasteiger partial charge in [-0.05, 0) is 48.0 Å². The summed E-state index contributed by atoms with van der Waals surface area (Å²) in [6.45, 7) is 0. The SMILES string of the molecule is O=C(Nc1cncc(-c2cc3c(-c4cc5c(-c6ccoc6)ccnc5[nH]4)n[nH]c3cn2)c1)c1ccccc1. The van der Waals surface area contributed by atoms with Gasteiger partial charge in [0.15, 0.2) is 0 Å². The molecule has 3 N–H and O–H groups in total. The lowest BCUT2D eigenvalue weighted by Crippen LogP contribution is -2.11. The summed E-state index contributed by atoms with van der Waals surface area (Å²) in [7, 11) is 0. The molecule has 38 heavy (non-hydrogen) atoms. The van der Waals surface area contributed by atoms with Gasteiger partial charge >= 0.3 is 0 Å². The van der Waals surface area contributed by atoms with Gasteiger partial charge in [-0.15, -0.1) is 0 Å². The summed E-state index contributed by atoms with van der Waals surface area (Å²) < 4.78 is 5.28. The molecule has 0 spiro atoms. The molecule has 1 amide bonds. The maximum atomic E-state index is 12.6. The largest absolute Gasteiger partial charge is 0.472 e. The fraction of sp³-hybridized carbons (Fsp3) is 0. The Morgan fingerprint density at radius 2 is 1.82 bits per heavy atom. The summed E-state index contributed by atoms with van der Waals surface area (Å²) in [4.78, 5) is 29.4. The number of carbonyl (C=O) groups excluding carboxylic acids is 1. The molecule has 0 aliphatic carbocycles. The van der Waals surface area contributed by atoms with Crippen LogP contribution in [0.3, 0.4) is 0 Å². The minimum atomic E-state index is -0.202. The number of fused-ring (bicyclic) bond motifs is 2. The first-order valence-electron chi connectivity index (χ1n) is 11.9. The molecular weight excluding hydrogens is 478 g/mol. The molecule has 0 unspecified atom stereocenters. The molecule has 0 bridgehead atoms. The van der Waals surface area contributed by atoms with Crippen LogP contribution in [-0.4, -0.2) is 36.0 Å². The number of benzene rings is 1. The van der Waals surface area contributed by atoms with Crippen LogP contribution >= 0.6 is 0 Å². The molecule has 6 aromatic heterocycles. The molecule has 0 radical (unpaired) electrons. The van der Waals surface area contributed by atoms with Gasteiger partial charge in [-0.3, -0.25) is 19.9 Å². The Bertz CT molecular complexity index is 1920. The van der Waals surface area contributed by atoms with E-state index in [0.717, 1.165) is 50.0 Å². The fourth-order valence-electron chi connectivity index (χ4n) is 4.55. The van der Waals surface area contributed by atoms with Gasteiger partial charge in [0.25, 0.3) is 5.91 Å². The van der Waals surface area contributed by atoms with Crippen LogP contribution in [0.25, 0.3) is 55.7 Å². The molecule has 9 nitrogen and oxygen atoms in total. The maximum absolute atomic E-state index is 12.6. The summed E-state index contributed by atoms with van der Waals surface area (Å²) in [6, 6.07) is 18.8. The van der Waals surface area contributed by atoms with E-state index in [0.29, 0.717) is 16.9 Å². The molecule has 0 aliphatic rings. The van der Waals surface area contributed by atoms with E-state index in [-0.39, 0.29) is 5.91 Å². The third kappa shape index (κ3) is 3.79. The number of aromatic amines is 2. The molecule has 6 heterocycles. The highest BCUT2D eigenvalue weighted by Crippen LogP contribution is 2.34. The number of hydrogen-bond acceptors (Lipinski definition) is 6. The quantitative estimate of drug-likeness (QED) is 0.265. The van der Waals surface area contributed by atoms with Gasteiger partial charge in [0.05, 0.1) is 47.5 Å². The van der Waals surface area contributed by atoms with E-state index in [9.17, 15) is 4.79 Å². The number of furan rings is 1. The lowest BCUT2D eigenvalue weighted by Gasteiger charge is -2.07. The zero-order chi connectivity index (χ0) is 25.5. The predicted molar refractivity (Wildman–Crippen MR) is 144 cm³/mol. The number of carbonyl (C=O) groups is 1. The number of H-pyrrole nitrogens is 2. The molecule has 7 rings (SSSR count). The van der Waals surface area contributed by atoms with Gasteiger partial charge in [-0.1, -0.05) is 18.2 Å². The number of anilines is 1. The summed E-state index contributed by atoms with van der Waals surface area (Å²) in [6.07, 6.45) is 10.2. The van der Waals surface area contributed by atoms with Gasteiger partial charge in [-0.2, -0.15) is 5.10 Å². The van der Waals surface area contributed by atoms with Gasteiger partial charge in [0.1, 0.15) is 11.3 Å². The van der Waals surface area contributed by atoms with Crippen molar-refractivity contribution in [3.63, 3.8) is 0 Å². The van der Waals surface area contributed by atoms with E-state index < -0.39 is 0 Å². The Labute approximate surface area is 215 Å². The Kier molecular flexibility index (Phi) is 5.04. The van der Waals surface area contributed by atoms with Crippen molar-refractivity contribution in [2.45, 2.75) is 0 Å². The van der Waals surface area contributed by atoms with Crippen LogP contribution in [0.2, 0.25) is 0 Å². The summed E-state index contributed by atoms with van der Waals surface area (Å²) in [5.74, 6) is -0.202. The molecule has 0 atom stereocenters. The number of nitrogens with one attached hydrogen (secondary N) is 3. The summed E-state index contributed by atoms with van der Waals surface area (Å²) >= 11 is 0. The van der Waals surface area contributed by atoms with E-state index in [4.69, 9.17) is 4.42 Å². The Balaban J connectivity index is 1.25. The van der Waals surface area contributed by atoms with Crippen molar-refractivity contribution < 1.29 is 9.21 Å². The van der Waals surface area contributed by atoms with Crippen molar-refractivity contribution in [2.24, 2.45) is 0 Å². The van der Waals surface area contributed by atoms with E-state index >= 15 is 0 Å². The number of hydrogen-bond donors (Lipinski definition) is 3. The van der Waals surface area contributed by atoms with Crippen molar-refractivity contribution in [1.82, 2.24) is 30.1 Å². The van der Waals surface area contributed by atoms with Gasteiger partial charge in [0.2, 0.25) is 0 Å². The predicted octanol–water partition coefficient (Wildman–Crippen LogP) is 6.08. The van der Waals surface area contributed by atoms with E-state index in [2.05, 4.69) is 35.5 Å². The topological polar surface area (TPSA) is 125 Å². The average Bonchev–Trinajstić information content (AvgIpc) is 3.73. The fourth-order valence-corrected chi connectivity index (χ4v) is 4.55. The number of pyridine rings is 3. The van der Waals surface area contributed by atoms with Crippen LogP contribution < -0.4 is 5.32 Å². The highest BCUT2D eigenvalue weighted by molar-refractivity contribution is 6.04. The molecule has 9 heteroatoms. The second kappa shape index (κ2) is 8.82. The van der Waals surface area contributed by atoms with Gasteiger partial charge in [-0.25, -0.2) is 4.98 Å². The van der Waals surface area contributed by atoms with E-state index in [1.54, 1.807) is 49.4 Å². The Morgan fingerprint density at radius 3 is 2.68 bits per heavy atom. The van der Waals surface area contributed by atoms with Gasteiger partial charge < -0.3 is 14.7 Å². The van der Waals surface area contributed by atoms with Crippen molar-refractivity contribution in [3.05, 3.63) is 104 Å². The minimum Gasteiger partial charge on any atom is -0.472 e.